The van der Waals surface area contributed by atoms with Crippen LogP contribution in [0.4, 0.5) is 0 Å². The molecule has 2 nitrogen and oxygen atoms in total. The minimum atomic E-state index is 0.425. The maximum Gasteiger partial charge on any atom is 0.197 e. The van der Waals surface area contributed by atoms with Gasteiger partial charge in [-0.2, -0.15) is 4.73 Å². The second-order valence-electron chi connectivity index (χ2n) is 3.37. The first-order chi connectivity index (χ1) is 6.65. The van der Waals surface area contributed by atoms with Gasteiger partial charge in [0.25, 0.3) is 0 Å². The molecule has 0 unspecified atom stereocenters. The van der Waals surface area contributed by atoms with Gasteiger partial charge in [0.15, 0.2) is 11.4 Å². The van der Waals surface area contributed by atoms with Gasteiger partial charge in [0.05, 0.1) is 5.88 Å². The Labute approximate surface area is 90.1 Å². The van der Waals surface area contributed by atoms with Gasteiger partial charge in [-0.05, 0) is 12.0 Å². The average molecular weight is 214 g/mol. The van der Waals surface area contributed by atoms with E-state index in [2.05, 4.69) is 6.92 Å². The normalized spacial score (nSPS) is 10.6. The summed E-state index contributed by atoms with van der Waals surface area (Å²) in [6.45, 7) is 5.90. The molecule has 0 spiro atoms. The highest BCUT2D eigenvalue weighted by Crippen LogP contribution is 2.16. The summed E-state index contributed by atoms with van der Waals surface area (Å²) in [5.41, 5.74) is 3.78. The van der Waals surface area contributed by atoms with E-state index in [1.54, 1.807) is 0 Å². The van der Waals surface area contributed by atoms with Crippen LogP contribution < -0.4 is 4.73 Å². The lowest BCUT2D eigenvalue weighted by molar-refractivity contribution is -0.621. The Morgan fingerprint density at radius 3 is 2.43 bits per heavy atom. The van der Waals surface area contributed by atoms with Crippen LogP contribution in [0.2, 0.25) is 0 Å². The number of alkyl halides is 1. The van der Waals surface area contributed by atoms with E-state index in [1.165, 1.54) is 5.56 Å². The van der Waals surface area contributed by atoms with E-state index in [4.69, 9.17) is 11.6 Å². The van der Waals surface area contributed by atoms with Crippen molar-refractivity contribution >= 4 is 11.6 Å². The summed E-state index contributed by atoms with van der Waals surface area (Å²) in [7, 11) is 0. The molecule has 0 atom stereocenters. The van der Waals surface area contributed by atoms with E-state index >= 15 is 0 Å². The van der Waals surface area contributed by atoms with Crippen molar-refractivity contribution in [3.8, 4) is 0 Å². The fraction of sp³-hybridized carbons (Fsp3) is 0.545. The van der Waals surface area contributed by atoms with Crippen molar-refractivity contribution in [1.82, 2.24) is 0 Å². The molecule has 0 aliphatic rings. The first-order valence-corrected chi connectivity index (χ1v) is 5.48. The van der Waals surface area contributed by atoms with Crippen molar-refractivity contribution in [3.05, 3.63) is 33.8 Å². The third-order valence-corrected chi connectivity index (χ3v) is 2.80. The van der Waals surface area contributed by atoms with Crippen LogP contribution in [0.25, 0.3) is 0 Å². The Balaban J connectivity index is 3.42. The van der Waals surface area contributed by atoms with Crippen LogP contribution in [-0.4, -0.2) is 0 Å². The number of aryl methyl sites for hydroxylation is 2. The predicted molar refractivity (Wildman–Crippen MR) is 58.5 cm³/mol. The number of hydrogen-bond acceptors (Lipinski definition) is 1. The van der Waals surface area contributed by atoms with E-state index in [0.717, 1.165) is 34.5 Å². The molecule has 14 heavy (non-hydrogen) atoms. The molecule has 0 amide bonds. The van der Waals surface area contributed by atoms with Gasteiger partial charge >= 0.3 is 0 Å². The number of rotatable bonds is 3. The van der Waals surface area contributed by atoms with E-state index in [-0.39, 0.29) is 0 Å². The quantitative estimate of drug-likeness (QED) is 0.431. The topological polar surface area (TPSA) is 26.9 Å². The van der Waals surface area contributed by atoms with Gasteiger partial charge in [-0.3, -0.25) is 0 Å². The largest absolute Gasteiger partial charge is 0.618 e. The van der Waals surface area contributed by atoms with Crippen molar-refractivity contribution in [3.63, 3.8) is 0 Å². The Kier molecular flexibility index (Phi) is 3.76. The predicted octanol–water partition coefficient (Wildman–Crippen LogP) is 2.49. The zero-order chi connectivity index (χ0) is 10.7. The van der Waals surface area contributed by atoms with Crippen molar-refractivity contribution < 1.29 is 4.73 Å². The monoisotopic (exact) mass is 213 g/mol. The number of aromatic nitrogens is 1. The molecular formula is C11H16ClNO. The van der Waals surface area contributed by atoms with Crippen molar-refractivity contribution in [2.24, 2.45) is 0 Å². The van der Waals surface area contributed by atoms with Crippen molar-refractivity contribution in [2.45, 2.75) is 39.5 Å². The number of nitrogens with zero attached hydrogens (tertiary/aromatic N) is 1. The van der Waals surface area contributed by atoms with Crippen LogP contribution in [0, 0.1) is 12.1 Å². The SMILES string of the molecule is CCc1cc(C)[n+]([O-])c(CC)c1CCl. The molecule has 0 fully saturated rings. The van der Waals surface area contributed by atoms with Crippen LogP contribution in [0.15, 0.2) is 6.07 Å². The summed E-state index contributed by atoms with van der Waals surface area (Å²) in [5, 5.41) is 11.7. The molecule has 0 bridgehead atoms. The van der Waals surface area contributed by atoms with Crippen LogP contribution in [0.5, 0.6) is 0 Å². The lowest BCUT2D eigenvalue weighted by Crippen LogP contribution is -2.37. The molecule has 0 aliphatic carbocycles. The van der Waals surface area contributed by atoms with Crippen LogP contribution in [0.1, 0.15) is 36.4 Å². The summed E-state index contributed by atoms with van der Waals surface area (Å²) in [4.78, 5) is 0. The molecule has 78 valence electrons. The van der Waals surface area contributed by atoms with Crippen molar-refractivity contribution in [2.75, 3.05) is 0 Å². The third kappa shape index (κ3) is 1.85. The van der Waals surface area contributed by atoms with Gasteiger partial charge in [0.1, 0.15) is 0 Å². The maximum atomic E-state index is 11.7. The minimum absolute atomic E-state index is 0.425. The summed E-state index contributed by atoms with van der Waals surface area (Å²) >= 11 is 5.87. The zero-order valence-corrected chi connectivity index (χ0v) is 9.69. The first kappa shape index (κ1) is 11.3. The summed E-state index contributed by atoms with van der Waals surface area (Å²) < 4.78 is 0.997. The minimum Gasteiger partial charge on any atom is -0.618 e. The highest BCUT2D eigenvalue weighted by atomic mass is 35.5. The molecule has 0 aliphatic heterocycles. The molecular weight excluding hydrogens is 198 g/mol. The molecule has 0 saturated carbocycles. The zero-order valence-electron chi connectivity index (χ0n) is 8.93. The Morgan fingerprint density at radius 1 is 1.36 bits per heavy atom. The number of halogens is 1. The Morgan fingerprint density at radius 2 is 2.00 bits per heavy atom. The lowest BCUT2D eigenvalue weighted by Gasteiger charge is -2.13. The van der Waals surface area contributed by atoms with Gasteiger partial charge in [-0.1, -0.05) is 13.8 Å². The second-order valence-corrected chi connectivity index (χ2v) is 3.64. The average Bonchev–Trinajstić information content (AvgIpc) is 2.20. The molecule has 1 aromatic rings. The smallest absolute Gasteiger partial charge is 0.197 e. The van der Waals surface area contributed by atoms with Crippen molar-refractivity contribution in [1.29, 1.82) is 0 Å². The number of hydrogen-bond donors (Lipinski definition) is 0. The fourth-order valence-electron chi connectivity index (χ4n) is 1.75. The molecule has 0 aromatic carbocycles. The van der Waals surface area contributed by atoms with Gasteiger partial charge in [0.2, 0.25) is 0 Å². The highest BCUT2D eigenvalue weighted by molar-refractivity contribution is 6.17. The summed E-state index contributed by atoms with van der Waals surface area (Å²) in [6, 6.07) is 1.93. The van der Waals surface area contributed by atoms with E-state index < -0.39 is 0 Å². The van der Waals surface area contributed by atoms with Gasteiger partial charge in [-0.25, -0.2) is 0 Å². The second kappa shape index (κ2) is 4.65. The van der Waals surface area contributed by atoms with Crippen LogP contribution in [0.3, 0.4) is 0 Å². The van der Waals surface area contributed by atoms with Gasteiger partial charge in [-0.15, -0.1) is 11.6 Å². The Bertz CT molecular complexity index is 337. The van der Waals surface area contributed by atoms with E-state index in [0.29, 0.717) is 5.88 Å². The standard InChI is InChI=1S/C11H16ClNO/c1-4-9-6-8(3)13(14)11(5-2)10(9)7-12/h6H,4-5,7H2,1-3H3. The fourth-order valence-corrected chi connectivity index (χ4v) is 2.08. The van der Waals surface area contributed by atoms with E-state index in [9.17, 15) is 5.21 Å². The summed E-state index contributed by atoms with van der Waals surface area (Å²) in [5.74, 6) is 0.425. The first-order valence-electron chi connectivity index (χ1n) is 4.95. The third-order valence-electron chi connectivity index (χ3n) is 2.53. The number of pyridine rings is 1. The molecule has 3 heteroatoms. The van der Waals surface area contributed by atoms with Gasteiger partial charge in [0, 0.05) is 25.0 Å². The van der Waals surface area contributed by atoms with E-state index in [1.807, 2.05) is 19.9 Å². The highest BCUT2D eigenvalue weighted by Gasteiger charge is 2.16. The molecule has 1 heterocycles. The summed E-state index contributed by atoms with van der Waals surface area (Å²) in [6.07, 6.45) is 1.66. The molecule has 0 radical (unpaired) electrons. The molecule has 0 saturated heterocycles. The molecule has 0 N–H and O–H groups in total. The molecule has 1 aromatic heterocycles. The molecule has 1 rings (SSSR count). The van der Waals surface area contributed by atoms with Crippen LogP contribution >= 0.6 is 11.6 Å². The van der Waals surface area contributed by atoms with Crippen LogP contribution in [-0.2, 0) is 18.7 Å². The Hall–Kier alpha value is -0.760. The lowest BCUT2D eigenvalue weighted by atomic mass is 10.0. The van der Waals surface area contributed by atoms with Gasteiger partial charge < -0.3 is 5.21 Å². The maximum absolute atomic E-state index is 11.7.